The van der Waals surface area contributed by atoms with Gasteiger partial charge in [0.2, 0.25) is 0 Å². The van der Waals surface area contributed by atoms with Gasteiger partial charge in [-0.05, 0) is 41.9 Å². The molecule has 0 spiro atoms. The van der Waals surface area contributed by atoms with E-state index in [1.54, 1.807) is 19.1 Å². The molecule has 2 aromatic rings. The van der Waals surface area contributed by atoms with Crippen molar-refractivity contribution in [3.63, 3.8) is 0 Å². The molecule has 1 aromatic heterocycles. The van der Waals surface area contributed by atoms with Crippen molar-refractivity contribution in [2.24, 2.45) is 5.73 Å². The average molecular weight is 344 g/mol. The van der Waals surface area contributed by atoms with Gasteiger partial charge in [0.1, 0.15) is 11.4 Å². The van der Waals surface area contributed by atoms with E-state index in [1.165, 1.54) is 6.07 Å². The zero-order valence-electron chi connectivity index (χ0n) is 11.2. The Morgan fingerprint density at radius 2 is 2.25 bits per heavy atom. The first-order valence-corrected chi connectivity index (χ1v) is 6.90. The third-order valence-electron chi connectivity index (χ3n) is 2.72. The van der Waals surface area contributed by atoms with Crippen molar-refractivity contribution in [2.45, 2.75) is 19.4 Å². The van der Waals surface area contributed by atoms with Gasteiger partial charge in [-0.2, -0.15) is 4.98 Å². The zero-order chi connectivity index (χ0) is 14.8. The Balaban J connectivity index is 2.34. The maximum atomic E-state index is 13.8. The van der Waals surface area contributed by atoms with E-state index in [0.717, 1.165) is 0 Å². The quantitative estimate of drug-likeness (QED) is 0.903. The van der Waals surface area contributed by atoms with Crippen LogP contribution >= 0.6 is 15.9 Å². The van der Waals surface area contributed by atoms with Crippen LogP contribution in [0.4, 0.5) is 4.39 Å². The van der Waals surface area contributed by atoms with E-state index in [9.17, 15) is 4.39 Å². The summed E-state index contributed by atoms with van der Waals surface area (Å²) in [7, 11) is 0. The summed E-state index contributed by atoms with van der Waals surface area (Å²) < 4.78 is 24.8. The van der Waals surface area contributed by atoms with Crippen molar-refractivity contribution < 1.29 is 13.7 Å². The van der Waals surface area contributed by atoms with E-state index < -0.39 is 11.4 Å². The van der Waals surface area contributed by atoms with Gasteiger partial charge in [0, 0.05) is 11.1 Å². The van der Waals surface area contributed by atoms with Crippen LogP contribution in [0.2, 0.25) is 0 Å². The predicted molar refractivity (Wildman–Crippen MR) is 75.4 cm³/mol. The lowest BCUT2D eigenvalue weighted by molar-refractivity contribution is 0.0962. The second kappa shape index (κ2) is 5.99. The monoisotopic (exact) mass is 343 g/mol. The van der Waals surface area contributed by atoms with E-state index >= 15 is 0 Å². The lowest BCUT2D eigenvalue weighted by Gasteiger charge is -2.19. The Bertz CT molecular complexity index is 581. The molecule has 1 unspecified atom stereocenters. The second-order valence-corrected chi connectivity index (χ2v) is 5.43. The molecule has 0 amide bonds. The van der Waals surface area contributed by atoms with E-state index in [1.807, 2.05) is 6.92 Å². The molecule has 5 nitrogen and oxygen atoms in total. The van der Waals surface area contributed by atoms with Gasteiger partial charge in [-0.3, -0.25) is 0 Å². The minimum Gasteiger partial charge on any atom is -0.379 e. The maximum Gasteiger partial charge on any atom is 0.262 e. The molecule has 2 N–H and O–H groups in total. The van der Waals surface area contributed by atoms with Crippen LogP contribution in [-0.2, 0) is 10.3 Å². The van der Waals surface area contributed by atoms with Crippen LogP contribution in [0.3, 0.4) is 0 Å². The summed E-state index contributed by atoms with van der Waals surface area (Å²) in [4.78, 5) is 4.17. The molecule has 0 bridgehead atoms. The van der Waals surface area contributed by atoms with E-state index in [-0.39, 0.29) is 23.9 Å². The number of ether oxygens (including phenoxy) is 1. The Labute approximate surface area is 124 Å². The van der Waals surface area contributed by atoms with Gasteiger partial charge >= 0.3 is 0 Å². The maximum absolute atomic E-state index is 13.8. The van der Waals surface area contributed by atoms with Gasteiger partial charge in [0.15, 0.2) is 5.82 Å². The van der Waals surface area contributed by atoms with Crippen molar-refractivity contribution >= 4 is 15.9 Å². The fourth-order valence-electron chi connectivity index (χ4n) is 1.64. The van der Waals surface area contributed by atoms with Gasteiger partial charge in [0.05, 0.1) is 12.2 Å². The molecule has 0 saturated heterocycles. The Hall–Kier alpha value is -1.31. The molecule has 0 aliphatic rings. The molecular weight excluding hydrogens is 329 g/mol. The smallest absolute Gasteiger partial charge is 0.262 e. The van der Waals surface area contributed by atoms with Gasteiger partial charge in [-0.25, -0.2) is 4.39 Å². The number of nitrogens with two attached hydrogens (primary N) is 1. The summed E-state index contributed by atoms with van der Waals surface area (Å²) in [6.45, 7) is 4.39. The molecular formula is C13H15BrFN3O2. The Morgan fingerprint density at radius 3 is 2.90 bits per heavy atom. The molecule has 1 atom stereocenters. The first-order valence-electron chi connectivity index (χ1n) is 6.11. The molecule has 0 aliphatic carbocycles. The highest BCUT2D eigenvalue weighted by Crippen LogP contribution is 2.30. The minimum atomic E-state index is -0.893. The topological polar surface area (TPSA) is 74.2 Å². The normalized spacial score (nSPS) is 14.2. The summed E-state index contributed by atoms with van der Waals surface area (Å²) in [5, 5.41) is 3.82. The fraction of sp³-hybridized carbons (Fsp3) is 0.385. The van der Waals surface area contributed by atoms with Crippen LogP contribution in [-0.4, -0.2) is 23.4 Å². The molecule has 1 heterocycles. The van der Waals surface area contributed by atoms with Crippen molar-refractivity contribution in [3.8, 4) is 11.5 Å². The SMILES string of the molecule is CCOCC(C)(N)c1noc(-c2c(F)cccc2Br)n1. The summed E-state index contributed by atoms with van der Waals surface area (Å²) in [6.07, 6.45) is 0. The largest absolute Gasteiger partial charge is 0.379 e. The number of aromatic nitrogens is 2. The molecule has 0 fully saturated rings. The van der Waals surface area contributed by atoms with Gasteiger partial charge < -0.3 is 15.0 Å². The van der Waals surface area contributed by atoms with Crippen molar-refractivity contribution in [3.05, 3.63) is 34.3 Å². The van der Waals surface area contributed by atoms with Crippen LogP contribution in [0, 0.1) is 5.82 Å². The first-order chi connectivity index (χ1) is 9.45. The molecule has 108 valence electrons. The van der Waals surface area contributed by atoms with Crippen LogP contribution in [0.15, 0.2) is 27.2 Å². The van der Waals surface area contributed by atoms with Crippen molar-refractivity contribution in [1.82, 2.24) is 10.1 Å². The van der Waals surface area contributed by atoms with E-state index in [0.29, 0.717) is 11.1 Å². The third kappa shape index (κ3) is 3.05. The number of hydrogen-bond donors (Lipinski definition) is 1. The average Bonchev–Trinajstić information content (AvgIpc) is 2.86. The molecule has 20 heavy (non-hydrogen) atoms. The fourth-order valence-corrected chi connectivity index (χ4v) is 2.15. The van der Waals surface area contributed by atoms with Gasteiger partial charge in [-0.15, -0.1) is 0 Å². The minimum absolute atomic E-state index is 0.0816. The van der Waals surface area contributed by atoms with E-state index in [4.69, 9.17) is 15.0 Å². The van der Waals surface area contributed by atoms with Crippen molar-refractivity contribution in [2.75, 3.05) is 13.2 Å². The highest BCUT2D eigenvalue weighted by atomic mass is 79.9. The van der Waals surface area contributed by atoms with Gasteiger partial charge in [0.25, 0.3) is 5.89 Å². The lowest BCUT2D eigenvalue weighted by Crippen LogP contribution is -2.39. The van der Waals surface area contributed by atoms with Gasteiger partial charge in [-0.1, -0.05) is 11.2 Å². The predicted octanol–water partition coefficient (Wildman–Crippen LogP) is 2.85. The van der Waals surface area contributed by atoms with Crippen LogP contribution in [0.5, 0.6) is 0 Å². The van der Waals surface area contributed by atoms with Crippen LogP contribution in [0.1, 0.15) is 19.7 Å². The lowest BCUT2D eigenvalue weighted by atomic mass is 10.1. The van der Waals surface area contributed by atoms with Crippen LogP contribution in [0.25, 0.3) is 11.5 Å². The molecule has 0 aliphatic heterocycles. The highest BCUT2D eigenvalue weighted by Gasteiger charge is 2.29. The first kappa shape index (κ1) is 15.1. The van der Waals surface area contributed by atoms with Crippen molar-refractivity contribution in [1.29, 1.82) is 0 Å². The number of rotatable bonds is 5. The van der Waals surface area contributed by atoms with E-state index in [2.05, 4.69) is 26.1 Å². The zero-order valence-corrected chi connectivity index (χ0v) is 12.8. The summed E-state index contributed by atoms with van der Waals surface area (Å²) in [5.74, 6) is -0.0904. The number of hydrogen-bond acceptors (Lipinski definition) is 5. The molecule has 7 heteroatoms. The molecule has 2 rings (SSSR count). The number of nitrogens with zero attached hydrogens (tertiary/aromatic N) is 2. The standard InChI is InChI=1S/C13H15BrFN3O2/c1-3-19-7-13(2,16)12-17-11(20-18-12)10-8(14)5-4-6-9(10)15/h4-6H,3,7,16H2,1-2H3. The number of halogens is 2. The van der Waals surface area contributed by atoms with Crippen LogP contribution < -0.4 is 5.73 Å². The molecule has 1 aromatic carbocycles. The summed E-state index contributed by atoms with van der Waals surface area (Å²) >= 11 is 3.26. The third-order valence-corrected chi connectivity index (χ3v) is 3.38. The molecule has 0 saturated carbocycles. The number of benzene rings is 1. The molecule has 0 radical (unpaired) electrons. The summed E-state index contributed by atoms with van der Waals surface area (Å²) in [5.41, 5.74) is 5.40. The summed E-state index contributed by atoms with van der Waals surface area (Å²) in [6, 6.07) is 4.61. The Kier molecular flexibility index (Phi) is 4.52. The second-order valence-electron chi connectivity index (χ2n) is 4.57. The Morgan fingerprint density at radius 1 is 1.50 bits per heavy atom. The highest BCUT2D eigenvalue weighted by molar-refractivity contribution is 9.10.